The summed E-state index contributed by atoms with van der Waals surface area (Å²) in [5, 5.41) is 13.1. The zero-order valence-corrected chi connectivity index (χ0v) is 21.0. The van der Waals surface area contributed by atoms with E-state index < -0.39 is 18.1 Å². The molecular weight excluding hydrogens is 464 g/mol. The van der Waals surface area contributed by atoms with E-state index in [0.29, 0.717) is 23.7 Å². The molecule has 35 heavy (non-hydrogen) atoms. The number of carbonyl (C=O) groups is 3. The fraction of sp³-hybridized carbons (Fsp3) is 0.520. The minimum atomic E-state index is -0.633. The molecule has 0 aliphatic carbocycles. The summed E-state index contributed by atoms with van der Waals surface area (Å²) in [6.45, 7) is 9.55. The maximum absolute atomic E-state index is 13.4. The van der Waals surface area contributed by atoms with E-state index in [4.69, 9.17) is 0 Å². The summed E-state index contributed by atoms with van der Waals surface area (Å²) in [4.78, 5) is 40.8. The van der Waals surface area contributed by atoms with Crippen LogP contribution in [-0.4, -0.2) is 68.7 Å². The Morgan fingerprint density at radius 3 is 2.74 bits per heavy atom. The summed E-state index contributed by atoms with van der Waals surface area (Å²) in [5.74, 6) is 0.306. The first-order chi connectivity index (χ1) is 16.3. The lowest BCUT2D eigenvalue weighted by Gasteiger charge is -2.30. The third-order valence-electron chi connectivity index (χ3n) is 5.98. The average Bonchev–Trinajstić information content (AvgIpc) is 3.36. The summed E-state index contributed by atoms with van der Waals surface area (Å²) in [6.07, 6.45) is 9.60. The van der Waals surface area contributed by atoms with Crippen molar-refractivity contribution in [3.63, 3.8) is 0 Å². The second-order valence-corrected chi connectivity index (χ2v) is 9.71. The molecule has 192 valence electrons. The summed E-state index contributed by atoms with van der Waals surface area (Å²) < 4.78 is 1.58. The molecular formula is C25H38N6O3S. The van der Waals surface area contributed by atoms with E-state index in [1.807, 2.05) is 32.1 Å². The number of rotatable bonds is 8. The molecule has 2 saturated heterocycles. The van der Waals surface area contributed by atoms with Gasteiger partial charge in [-0.25, -0.2) is 4.68 Å². The van der Waals surface area contributed by atoms with E-state index >= 15 is 0 Å². The lowest BCUT2D eigenvalue weighted by atomic mass is 10.1. The van der Waals surface area contributed by atoms with Gasteiger partial charge >= 0.3 is 0 Å². The van der Waals surface area contributed by atoms with Crippen molar-refractivity contribution in [1.82, 2.24) is 25.3 Å². The monoisotopic (exact) mass is 502 g/mol. The summed E-state index contributed by atoms with van der Waals surface area (Å²) in [7, 11) is 1.70. The Morgan fingerprint density at radius 2 is 2.06 bits per heavy atom. The molecule has 9 nitrogen and oxygen atoms in total. The molecule has 3 heterocycles. The van der Waals surface area contributed by atoms with Crippen LogP contribution in [0.15, 0.2) is 36.9 Å². The summed E-state index contributed by atoms with van der Waals surface area (Å²) in [5.41, 5.74) is 1.34. The molecule has 0 radical (unpaired) electrons. The number of anilines is 1. The highest BCUT2D eigenvalue weighted by atomic mass is 32.2. The van der Waals surface area contributed by atoms with Crippen LogP contribution in [0.1, 0.15) is 46.2 Å². The van der Waals surface area contributed by atoms with Gasteiger partial charge in [0.15, 0.2) is 0 Å². The maximum atomic E-state index is 13.4. The van der Waals surface area contributed by atoms with Gasteiger partial charge in [-0.05, 0) is 53.2 Å². The van der Waals surface area contributed by atoms with Crippen LogP contribution in [0.3, 0.4) is 0 Å². The molecule has 2 aliphatic heterocycles. The molecule has 2 fully saturated rings. The molecule has 1 aromatic heterocycles. The van der Waals surface area contributed by atoms with E-state index in [9.17, 15) is 14.4 Å². The SMILES string of the molecule is C.C=C(/C=C\C=C/C)n1nc(C)cc1NC(=O)C1CSC2CCCC(NC(=O)[C@H](C)NC)C(=O)N21. The van der Waals surface area contributed by atoms with Gasteiger partial charge in [-0.2, -0.15) is 5.10 Å². The van der Waals surface area contributed by atoms with Crippen molar-refractivity contribution in [2.24, 2.45) is 0 Å². The molecule has 3 unspecified atom stereocenters. The molecule has 1 aromatic rings. The number of thioether (sulfide) groups is 1. The van der Waals surface area contributed by atoms with E-state index in [2.05, 4.69) is 27.6 Å². The second kappa shape index (κ2) is 12.7. The van der Waals surface area contributed by atoms with Crippen molar-refractivity contribution in [3.8, 4) is 0 Å². The van der Waals surface area contributed by atoms with Crippen LogP contribution >= 0.6 is 11.8 Å². The predicted octanol–water partition coefficient (Wildman–Crippen LogP) is 2.92. The van der Waals surface area contributed by atoms with Gasteiger partial charge in [0.25, 0.3) is 0 Å². The number of nitrogens with zero attached hydrogens (tertiary/aromatic N) is 3. The summed E-state index contributed by atoms with van der Waals surface area (Å²) >= 11 is 1.61. The smallest absolute Gasteiger partial charge is 0.249 e. The fourth-order valence-corrected chi connectivity index (χ4v) is 5.47. The molecule has 2 aliphatic rings. The highest BCUT2D eigenvalue weighted by molar-refractivity contribution is 8.00. The van der Waals surface area contributed by atoms with Gasteiger partial charge in [0.1, 0.15) is 17.9 Å². The van der Waals surface area contributed by atoms with Crippen LogP contribution in [0.5, 0.6) is 0 Å². The standard InChI is InChI=1S/C24H34N6O3S.CH4/c1-6-7-8-10-16(3)30-20(13-15(2)28-30)27-23(32)19-14-34-21-12-9-11-18(24(33)29(19)21)26-22(31)17(4)25-5;/h6-8,10,13,17-19,21,25H,3,9,11-12,14H2,1-2,4-5H3,(H,26,31)(H,27,32);1H4/b7-6-,10-8-;/t17-,18?,19?,21?;/m0./s1. The number of carbonyl (C=O) groups excluding carboxylic acids is 3. The van der Waals surface area contributed by atoms with Crippen LogP contribution in [0.2, 0.25) is 0 Å². The zero-order valence-electron chi connectivity index (χ0n) is 20.2. The van der Waals surface area contributed by atoms with Crippen LogP contribution in [-0.2, 0) is 14.4 Å². The normalized spacial score (nSPS) is 23.0. The van der Waals surface area contributed by atoms with Gasteiger partial charge in [0.2, 0.25) is 17.7 Å². The van der Waals surface area contributed by atoms with Crippen molar-refractivity contribution < 1.29 is 14.4 Å². The zero-order chi connectivity index (χ0) is 24.8. The number of hydrogen-bond donors (Lipinski definition) is 3. The van der Waals surface area contributed by atoms with Crippen molar-refractivity contribution in [1.29, 1.82) is 0 Å². The molecule has 10 heteroatoms. The average molecular weight is 503 g/mol. The quantitative estimate of drug-likeness (QED) is 0.472. The van der Waals surface area contributed by atoms with Gasteiger partial charge in [-0.3, -0.25) is 14.4 Å². The van der Waals surface area contributed by atoms with Crippen LogP contribution in [0.25, 0.3) is 5.70 Å². The highest BCUT2D eigenvalue weighted by Gasteiger charge is 2.45. The predicted molar refractivity (Wildman–Crippen MR) is 143 cm³/mol. The van der Waals surface area contributed by atoms with Crippen LogP contribution < -0.4 is 16.0 Å². The third-order valence-corrected chi connectivity index (χ3v) is 7.34. The first kappa shape index (κ1) is 28.4. The molecule has 3 N–H and O–H groups in total. The van der Waals surface area contributed by atoms with Crippen molar-refractivity contribution in [3.05, 3.63) is 42.6 Å². The Hall–Kier alpha value is -2.85. The molecule has 0 spiro atoms. The van der Waals surface area contributed by atoms with Crippen LogP contribution in [0.4, 0.5) is 5.82 Å². The Bertz CT molecular complexity index is 1000. The second-order valence-electron chi connectivity index (χ2n) is 8.50. The molecule has 0 saturated carbocycles. The topological polar surface area (TPSA) is 108 Å². The van der Waals surface area contributed by atoms with Crippen LogP contribution in [0, 0.1) is 6.92 Å². The number of likely N-dealkylation sites (N-methyl/N-ethyl adjacent to an activating group) is 1. The maximum Gasteiger partial charge on any atom is 0.249 e. The lowest BCUT2D eigenvalue weighted by molar-refractivity contribution is -0.141. The Balaban J connectivity index is 0.00000432. The minimum absolute atomic E-state index is 0. The molecule has 4 atom stereocenters. The van der Waals surface area contributed by atoms with E-state index in [1.165, 1.54) is 0 Å². The Morgan fingerprint density at radius 1 is 1.31 bits per heavy atom. The van der Waals surface area contributed by atoms with Gasteiger partial charge in [-0.1, -0.05) is 32.2 Å². The number of allylic oxidation sites excluding steroid dienone is 5. The Kier molecular flexibility index (Phi) is 10.3. The van der Waals surface area contributed by atoms with E-state index in [1.54, 1.807) is 47.5 Å². The highest BCUT2D eigenvalue weighted by Crippen LogP contribution is 2.36. The first-order valence-electron chi connectivity index (χ1n) is 11.5. The minimum Gasteiger partial charge on any atom is -0.343 e. The van der Waals surface area contributed by atoms with Crippen molar-refractivity contribution in [2.45, 2.75) is 71.0 Å². The number of aromatic nitrogens is 2. The van der Waals surface area contributed by atoms with Crippen molar-refractivity contribution in [2.75, 3.05) is 18.1 Å². The lowest BCUT2D eigenvalue weighted by Crippen LogP contribution is -2.55. The Labute approximate surface area is 212 Å². The molecule has 0 bridgehead atoms. The fourth-order valence-electron chi connectivity index (χ4n) is 4.01. The van der Waals surface area contributed by atoms with E-state index in [-0.39, 0.29) is 30.5 Å². The first-order valence-corrected chi connectivity index (χ1v) is 12.6. The number of fused-ring (bicyclic) bond motifs is 1. The number of nitrogens with one attached hydrogen (secondary N) is 3. The number of hydrogen-bond acceptors (Lipinski definition) is 6. The van der Waals surface area contributed by atoms with Gasteiger partial charge in [0.05, 0.1) is 22.8 Å². The van der Waals surface area contributed by atoms with Gasteiger partial charge < -0.3 is 20.9 Å². The third kappa shape index (κ3) is 6.64. The van der Waals surface area contributed by atoms with E-state index in [0.717, 1.165) is 18.5 Å². The van der Waals surface area contributed by atoms with Gasteiger partial charge in [-0.15, -0.1) is 11.8 Å². The number of amides is 3. The molecule has 3 amide bonds. The number of aryl methyl sites for hydroxylation is 1. The largest absolute Gasteiger partial charge is 0.343 e. The molecule has 3 rings (SSSR count). The summed E-state index contributed by atoms with van der Waals surface area (Å²) in [6, 6.07) is 0.111. The molecule has 0 aromatic carbocycles. The van der Waals surface area contributed by atoms with Crippen molar-refractivity contribution >= 4 is 41.0 Å². The van der Waals surface area contributed by atoms with Gasteiger partial charge in [0, 0.05) is 11.8 Å².